The third-order valence-corrected chi connectivity index (χ3v) is 7.03. The summed E-state index contributed by atoms with van der Waals surface area (Å²) in [6.07, 6.45) is -2.87. The van der Waals surface area contributed by atoms with E-state index in [1.165, 1.54) is 24.6 Å². The molecule has 3 aromatic rings. The Morgan fingerprint density at radius 2 is 1.72 bits per heavy atom. The van der Waals surface area contributed by atoms with Gasteiger partial charge in [-0.25, -0.2) is 9.59 Å². The Bertz CT molecular complexity index is 1290. The third-order valence-electron chi connectivity index (χ3n) is 7.03. The van der Waals surface area contributed by atoms with Gasteiger partial charge in [0.1, 0.15) is 5.75 Å². The summed E-state index contributed by atoms with van der Waals surface area (Å²) in [7, 11) is 1.77. The van der Waals surface area contributed by atoms with E-state index in [1.807, 2.05) is 30.3 Å². The molecule has 3 aromatic carbocycles. The first kappa shape index (κ1) is 28.0. The highest BCUT2D eigenvalue weighted by Crippen LogP contribution is 2.30. The van der Waals surface area contributed by atoms with Gasteiger partial charge >= 0.3 is 18.2 Å². The van der Waals surface area contributed by atoms with E-state index in [-0.39, 0.29) is 18.6 Å². The predicted molar refractivity (Wildman–Crippen MR) is 141 cm³/mol. The average molecular weight is 541 g/mol. The van der Waals surface area contributed by atoms with Crippen LogP contribution < -0.4 is 4.74 Å². The third kappa shape index (κ3) is 6.90. The fourth-order valence-corrected chi connectivity index (χ4v) is 4.79. The number of aliphatic carboxylic acids is 1. The second-order valence-electron chi connectivity index (χ2n) is 9.79. The van der Waals surface area contributed by atoms with Crippen LogP contribution in [0.3, 0.4) is 0 Å². The number of carbonyl (C=O) groups excluding carboxylic acids is 1. The highest BCUT2D eigenvalue weighted by atomic mass is 19.4. The van der Waals surface area contributed by atoms with Gasteiger partial charge in [-0.3, -0.25) is 0 Å². The van der Waals surface area contributed by atoms with Crippen molar-refractivity contribution >= 4 is 12.0 Å². The number of carboxylic acids is 1. The minimum absolute atomic E-state index is 0.0202. The summed E-state index contributed by atoms with van der Waals surface area (Å²) in [6.45, 7) is 2.27. The van der Waals surface area contributed by atoms with Crippen LogP contribution in [0.15, 0.2) is 72.8 Å². The van der Waals surface area contributed by atoms with Crippen LogP contribution in [0.1, 0.15) is 36.5 Å². The number of alkyl halides is 3. The topological polar surface area (TPSA) is 70.1 Å². The molecule has 2 amide bonds. The number of carboxylic acid groups (broad SMARTS) is 1. The maximum absolute atomic E-state index is 12.8. The Hall–Kier alpha value is -4.01. The zero-order chi connectivity index (χ0) is 28.2. The number of hydrogen-bond acceptors (Lipinski definition) is 3. The molecule has 0 spiro atoms. The number of halogens is 3. The number of rotatable bonds is 10. The minimum Gasteiger partial charge on any atom is -0.479 e. The Kier molecular flexibility index (Phi) is 8.47. The van der Waals surface area contributed by atoms with Crippen molar-refractivity contribution in [1.82, 2.24) is 9.80 Å². The standard InChI is InChI=1S/C30H31F3N2O4/c1-20(28(36)37)39-26-16-12-23(13-17-26)27-9-4-3-6-22(27)7-5-8-25-19-35(29(38)34(25)2)18-21-10-14-24(15-11-21)30(31,32)33/h3-4,6,9-17,20,25H,5,7-8,18-19H2,1-2H3,(H,36,37). The quantitative estimate of drug-likeness (QED) is 0.320. The van der Waals surface area contributed by atoms with E-state index < -0.39 is 23.8 Å². The largest absolute Gasteiger partial charge is 0.479 e. The molecule has 39 heavy (non-hydrogen) atoms. The van der Waals surface area contributed by atoms with E-state index in [0.717, 1.165) is 42.5 Å². The molecule has 1 aliphatic heterocycles. The summed E-state index contributed by atoms with van der Waals surface area (Å²) in [4.78, 5) is 27.2. The molecule has 4 rings (SSSR count). The normalized spacial score (nSPS) is 16.4. The molecule has 2 atom stereocenters. The molecule has 1 saturated heterocycles. The number of benzene rings is 3. The lowest BCUT2D eigenvalue weighted by Crippen LogP contribution is -2.31. The zero-order valence-electron chi connectivity index (χ0n) is 21.8. The van der Waals surface area contributed by atoms with Crippen molar-refractivity contribution in [2.45, 2.75) is 51.1 Å². The number of likely N-dealkylation sites (N-methyl/N-ethyl adjacent to an activating group) is 1. The minimum atomic E-state index is -4.38. The molecular formula is C30H31F3N2O4. The van der Waals surface area contributed by atoms with Crippen LogP contribution in [-0.4, -0.2) is 52.6 Å². The first-order valence-electron chi connectivity index (χ1n) is 12.8. The van der Waals surface area contributed by atoms with Crippen LogP contribution in [0.25, 0.3) is 11.1 Å². The van der Waals surface area contributed by atoms with Crippen molar-refractivity contribution in [2.24, 2.45) is 0 Å². The van der Waals surface area contributed by atoms with E-state index in [0.29, 0.717) is 17.9 Å². The molecule has 0 radical (unpaired) electrons. The summed E-state index contributed by atoms with van der Waals surface area (Å²) in [5, 5.41) is 9.04. The van der Waals surface area contributed by atoms with Gasteiger partial charge < -0.3 is 19.6 Å². The van der Waals surface area contributed by atoms with Gasteiger partial charge in [-0.15, -0.1) is 0 Å². The number of amides is 2. The van der Waals surface area contributed by atoms with Gasteiger partial charge in [0, 0.05) is 20.1 Å². The van der Waals surface area contributed by atoms with Crippen molar-refractivity contribution in [2.75, 3.05) is 13.6 Å². The number of hydrogen-bond donors (Lipinski definition) is 1. The fourth-order valence-electron chi connectivity index (χ4n) is 4.79. The molecule has 0 saturated carbocycles. The van der Waals surface area contributed by atoms with Crippen LogP contribution in [-0.2, 0) is 23.9 Å². The van der Waals surface area contributed by atoms with Gasteiger partial charge in [-0.1, -0.05) is 48.5 Å². The summed E-state index contributed by atoms with van der Waals surface area (Å²) in [6, 6.07) is 20.2. The summed E-state index contributed by atoms with van der Waals surface area (Å²) >= 11 is 0. The van der Waals surface area contributed by atoms with E-state index >= 15 is 0 Å². The fraction of sp³-hybridized carbons (Fsp3) is 0.333. The Morgan fingerprint density at radius 1 is 1.05 bits per heavy atom. The van der Waals surface area contributed by atoms with Crippen molar-refractivity contribution in [3.63, 3.8) is 0 Å². The Balaban J connectivity index is 1.34. The first-order chi connectivity index (χ1) is 18.5. The van der Waals surface area contributed by atoms with Crippen LogP contribution in [0.2, 0.25) is 0 Å². The maximum Gasteiger partial charge on any atom is 0.416 e. The van der Waals surface area contributed by atoms with Crippen molar-refractivity contribution < 1.29 is 32.6 Å². The summed E-state index contributed by atoms with van der Waals surface area (Å²) in [5.74, 6) is -0.539. The SMILES string of the molecule is CC(Oc1ccc(-c2ccccc2CCCC2CN(Cc3ccc(C(F)(F)F)cc3)C(=O)N2C)cc1)C(=O)O. The number of nitrogens with zero attached hydrogens (tertiary/aromatic N) is 2. The number of carbonyl (C=O) groups is 2. The lowest BCUT2D eigenvalue weighted by molar-refractivity contribution is -0.144. The van der Waals surface area contributed by atoms with Gasteiger partial charge in [-0.05, 0) is 72.7 Å². The molecule has 0 bridgehead atoms. The highest BCUT2D eigenvalue weighted by molar-refractivity contribution is 5.77. The van der Waals surface area contributed by atoms with E-state index in [1.54, 1.807) is 29.0 Å². The van der Waals surface area contributed by atoms with Gasteiger partial charge in [-0.2, -0.15) is 13.2 Å². The first-order valence-corrected chi connectivity index (χ1v) is 12.8. The molecule has 1 aliphatic rings. The molecule has 2 unspecified atom stereocenters. The number of ether oxygens (including phenoxy) is 1. The second-order valence-corrected chi connectivity index (χ2v) is 9.79. The predicted octanol–water partition coefficient (Wildman–Crippen LogP) is 6.48. The van der Waals surface area contributed by atoms with Gasteiger partial charge in [0.25, 0.3) is 0 Å². The lowest BCUT2D eigenvalue weighted by Gasteiger charge is -2.18. The highest BCUT2D eigenvalue weighted by Gasteiger charge is 2.34. The molecule has 6 nitrogen and oxygen atoms in total. The molecule has 0 aromatic heterocycles. The van der Waals surface area contributed by atoms with Gasteiger partial charge in [0.2, 0.25) is 0 Å². The molecule has 1 fully saturated rings. The van der Waals surface area contributed by atoms with Crippen LogP contribution in [0.5, 0.6) is 5.75 Å². The van der Waals surface area contributed by atoms with Crippen molar-refractivity contribution in [3.05, 3.63) is 89.5 Å². The molecule has 0 aliphatic carbocycles. The van der Waals surface area contributed by atoms with Crippen molar-refractivity contribution in [3.8, 4) is 16.9 Å². The molecule has 206 valence electrons. The Labute approximate surface area is 225 Å². The number of aryl methyl sites for hydroxylation is 1. The maximum atomic E-state index is 12.8. The smallest absolute Gasteiger partial charge is 0.416 e. The van der Waals surface area contributed by atoms with E-state index in [9.17, 15) is 22.8 Å². The van der Waals surface area contributed by atoms with Gasteiger partial charge in [0.05, 0.1) is 11.6 Å². The van der Waals surface area contributed by atoms with Gasteiger partial charge in [0.15, 0.2) is 6.10 Å². The molecular weight excluding hydrogens is 509 g/mol. The summed E-state index contributed by atoms with van der Waals surface area (Å²) < 4.78 is 43.9. The second kappa shape index (κ2) is 11.8. The van der Waals surface area contributed by atoms with Crippen LogP contribution >= 0.6 is 0 Å². The molecule has 9 heteroatoms. The van der Waals surface area contributed by atoms with E-state index in [4.69, 9.17) is 9.84 Å². The van der Waals surface area contributed by atoms with Crippen LogP contribution in [0, 0.1) is 0 Å². The Morgan fingerprint density at radius 3 is 2.36 bits per heavy atom. The molecule has 1 N–H and O–H groups in total. The monoisotopic (exact) mass is 540 g/mol. The lowest BCUT2D eigenvalue weighted by atomic mass is 9.95. The van der Waals surface area contributed by atoms with Crippen LogP contribution in [0.4, 0.5) is 18.0 Å². The number of urea groups is 1. The zero-order valence-corrected chi connectivity index (χ0v) is 21.8. The van der Waals surface area contributed by atoms with Crippen molar-refractivity contribution in [1.29, 1.82) is 0 Å². The summed E-state index contributed by atoms with van der Waals surface area (Å²) in [5.41, 5.74) is 3.20. The molecule has 1 heterocycles. The average Bonchev–Trinajstić information content (AvgIpc) is 3.17. The van der Waals surface area contributed by atoms with E-state index in [2.05, 4.69) is 6.07 Å².